The molecule has 2 amide bonds. The second-order valence-corrected chi connectivity index (χ2v) is 8.31. The lowest BCUT2D eigenvalue weighted by molar-refractivity contribution is -0.384. The van der Waals surface area contributed by atoms with Crippen LogP contribution in [-0.4, -0.2) is 35.1 Å². The van der Waals surface area contributed by atoms with Crippen molar-refractivity contribution in [3.63, 3.8) is 0 Å². The van der Waals surface area contributed by atoms with E-state index in [-0.39, 0.29) is 23.2 Å². The van der Waals surface area contributed by atoms with E-state index >= 15 is 0 Å². The number of thiocarbonyl (C=S) groups is 1. The Hall–Kier alpha value is -3.25. The Morgan fingerprint density at radius 1 is 1.06 bits per heavy atom. The van der Waals surface area contributed by atoms with Gasteiger partial charge in [-0.25, -0.2) is 0 Å². The molecule has 0 fully saturated rings. The van der Waals surface area contributed by atoms with Crippen LogP contribution in [0.25, 0.3) is 0 Å². The number of unbranched alkanes of at least 4 members (excludes halogenated alkanes) is 3. The normalized spacial score (nSPS) is 10.2. The highest BCUT2D eigenvalue weighted by Gasteiger charge is 2.12. The standard InChI is InChI=1S/C22H25BrN4O6S/c1-2-3-4-5-12-32-19-11-6-15(13-18(19)23)21(29)24-22(34)26-25-20(28)14-33-17-9-7-16(8-10-17)27(30)31/h6-11,13H,2-5,12,14H2,1H3,(H,25,28)(H2,24,26,29,34). The van der Waals surface area contributed by atoms with Crippen molar-refractivity contribution in [1.29, 1.82) is 0 Å². The summed E-state index contributed by atoms with van der Waals surface area (Å²) in [6.07, 6.45) is 4.40. The van der Waals surface area contributed by atoms with Crippen molar-refractivity contribution in [2.75, 3.05) is 13.2 Å². The number of hydrogen-bond acceptors (Lipinski definition) is 7. The number of benzene rings is 2. The van der Waals surface area contributed by atoms with Crippen LogP contribution in [0.5, 0.6) is 11.5 Å². The number of rotatable bonds is 11. The van der Waals surface area contributed by atoms with Crippen molar-refractivity contribution in [3.8, 4) is 11.5 Å². The van der Waals surface area contributed by atoms with Crippen LogP contribution in [0.15, 0.2) is 46.9 Å². The van der Waals surface area contributed by atoms with Gasteiger partial charge in [-0.1, -0.05) is 26.2 Å². The van der Waals surface area contributed by atoms with Gasteiger partial charge in [-0.3, -0.25) is 35.9 Å². The van der Waals surface area contributed by atoms with Crippen molar-refractivity contribution >= 4 is 50.8 Å². The summed E-state index contributed by atoms with van der Waals surface area (Å²) in [5, 5.41) is 13.0. The lowest BCUT2D eigenvalue weighted by atomic mass is 10.2. The van der Waals surface area contributed by atoms with E-state index in [0.717, 1.165) is 19.3 Å². The molecular formula is C22H25BrN4O6S. The zero-order valence-corrected chi connectivity index (χ0v) is 20.9. The van der Waals surface area contributed by atoms with Crippen LogP contribution in [0.4, 0.5) is 5.69 Å². The third-order valence-corrected chi connectivity index (χ3v) is 5.23. The van der Waals surface area contributed by atoms with Crippen molar-refractivity contribution in [2.24, 2.45) is 0 Å². The molecule has 0 atom stereocenters. The fraction of sp³-hybridized carbons (Fsp3) is 0.318. The molecule has 0 aromatic heterocycles. The van der Waals surface area contributed by atoms with Gasteiger partial charge in [-0.15, -0.1) is 0 Å². The highest BCUT2D eigenvalue weighted by Crippen LogP contribution is 2.26. The number of hydrogen-bond donors (Lipinski definition) is 3. The largest absolute Gasteiger partial charge is 0.492 e. The van der Waals surface area contributed by atoms with Gasteiger partial charge >= 0.3 is 0 Å². The summed E-state index contributed by atoms with van der Waals surface area (Å²) in [4.78, 5) is 34.4. The quantitative estimate of drug-likeness (QED) is 0.165. The highest BCUT2D eigenvalue weighted by molar-refractivity contribution is 9.10. The van der Waals surface area contributed by atoms with E-state index < -0.39 is 16.7 Å². The van der Waals surface area contributed by atoms with E-state index in [1.54, 1.807) is 18.2 Å². The molecule has 3 N–H and O–H groups in total. The van der Waals surface area contributed by atoms with Crippen LogP contribution in [0.2, 0.25) is 0 Å². The molecule has 0 aliphatic heterocycles. The summed E-state index contributed by atoms with van der Waals surface area (Å²) in [6.45, 7) is 2.38. The van der Waals surface area contributed by atoms with Crippen molar-refractivity contribution < 1.29 is 24.0 Å². The molecule has 0 bridgehead atoms. The molecule has 34 heavy (non-hydrogen) atoms. The number of amides is 2. The Balaban J connectivity index is 1.73. The molecule has 0 unspecified atom stereocenters. The molecule has 0 saturated heterocycles. The molecule has 0 spiro atoms. The van der Waals surface area contributed by atoms with E-state index in [0.29, 0.717) is 22.4 Å². The first-order chi connectivity index (χ1) is 16.3. The monoisotopic (exact) mass is 552 g/mol. The SMILES string of the molecule is CCCCCCOc1ccc(C(=O)NC(=S)NNC(=O)COc2ccc([N+](=O)[O-])cc2)cc1Br. The van der Waals surface area contributed by atoms with Crippen LogP contribution >= 0.6 is 28.1 Å². The summed E-state index contributed by atoms with van der Waals surface area (Å²) in [5.74, 6) is -0.105. The maximum Gasteiger partial charge on any atom is 0.276 e. The average molecular weight is 553 g/mol. The zero-order chi connectivity index (χ0) is 24.9. The number of carbonyl (C=O) groups excluding carboxylic acids is 2. The Morgan fingerprint density at radius 2 is 1.79 bits per heavy atom. The van der Waals surface area contributed by atoms with Crippen molar-refractivity contribution in [1.82, 2.24) is 16.2 Å². The van der Waals surface area contributed by atoms with E-state index in [2.05, 4.69) is 39.0 Å². The van der Waals surface area contributed by atoms with Gasteiger partial charge in [0.25, 0.3) is 17.5 Å². The number of carbonyl (C=O) groups is 2. The molecule has 0 saturated carbocycles. The minimum Gasteiger partial charge on any atom is -0.492 e. The van der Waals surface area contributed by atoms with E-state index in [4.69, 9.17) is 21.7 Å². The lowest BCUT2D eigenvalue weighted by Crippen LogP contribution is -2.49. The second kappa shape index (κ2) is 14.1. The molecule has 0 radical (unpaired) electrons. The molecule has 0 aliphatic carbocycles. The number of nitrogens with zero attached hydrogens (tertiary/aromatic N) is 1. The van der Waals surface area contributed by atoms with Gasteiger partial charge < -0.3 is 9.47 Å². The molecule has 0 heterocycles. The molecule has 2 rings (SSSR count). The third-order valence-electron chi connectivity index (χ3n) is 4.41. The average Bonchev–Trinajstić information content (AvgIpc) is 2.82. The van der Waals surface area contributed by atoms with Crippen molar-refractivity contribution in [3.05, 3.63) is 62.6 Å². The molecule has 12 heteroatoms. The van der Waals surface area contributed by atoms with Gasteiger partial charge in [-0.2, -0.15) is 0 Å². The number of nitro benzene ring substituents is 1. The van der Waals surface area contributed by atoms with Crippen LogP contribution < -0.4 is 25.6 Å². The van der Waals surface area contributed by atoms with E-state index in [1.165, 1.54) is 30.7 Å². The fourth-order valence-corrected chi connectivity index (χ4v) is 3.29. The van der Waals surface area contributed by atoms with Gasteiger partial charge in [0.1, 0.15) is 11.5 Å². The number of nitrogens with one attached hydrogen (secondary N) is 3. The lowest BCUT2D eigenvalue weighted by Gasteiger charge is -2.12. The fourth-order valence-electron chi connectivity index (χ4n) is 2.65. The molecule has 0 aliphatic rings. The molecule has 2 aromatic carbocycles. The van der Waals surface area contributed by atoms with Gasteiger partial charge in [0.2, 0.25) is 0 Å². The number of halogens is 1. The summed E-state index contributed by atoms with van der Waals surface area (Å²) in [5.41, 5.74) is 4.96. The summed E-state index contributed by atoms with van der Waals surface area (Å²) in [6, 6.07) is 10.2. The van der Waals surface area contributed by atoms with Crippen LogP contribution in [0, 0.1) is 10.1 Å². The van der Waals surface area contributed by atoms with Crippen molar-refractivity contribution in [2.45, 2.75) is 32.6 Å². The second-order valence-electron chi connectivity index (χ2n) is 7.05. The number of ether oxygens (including phenoxy) is 2. The maximum absolute atomic E-state index is 12.4. The summed E-state index contributed by atoms with van der Waals surface area (Å²) >= 11 is 8.42. The molecule has 182 valence electrons. The Labute approximate surface area is 210 Å². The minimum absolute atomic E-state index is 0.0869. The number of hydrazine groups is 1. The smallest absolute Gasteiger partial charge is 0.276 e. The predicted octanol–water partition coefficient (Wildman–Crippen LogP) is 4.03. The first kappa shape index (κ1) is 27.0. The summed E-state index contributed by atoms with van der Waals surface area (Å²) < 4.78 is 11.6. The minimum atomic E-state index is -0.571. The Morgan fingerprint density at radius 3 is 2.44 bits per heavy atom. The van der Waals surface area contributed by atoms with E-state index in [9.17, 15) is 19.7 Å². The molecule has 2 aromatic rings. The topological polar surface area (TPSA) is 132 Å². The predicted molar refractivity (Wildman–Crippen MR) is 134 cm³/mol. The first-order valence-electron chi connectivity index (χ1n) is 10.5. The van der Waals surface area contributed by atoms with Crippen LogP contribution in [0.3, 0.4) is 0 Å². The maximum atomic E-state index is 12.4. The van der Waals surface area contributed by atoms with Crippen LogP contribution in [-0.2, 0) is 4.79 Å². The molecular weight excluding hydrogens is 528 g/mol. The van der Waals surface area contributed by atoms with Crippen LogP contribution in [0.1, 0.15) is 43.0 Å². The van der Waals surface area contributed by atoms with Gasteiger partial charge in [0.05, 0.1) is 16.0 Å². The van der Waals surface area contributed by atoms with E-state index in [1.807, 2.05) is 0 Å². The Bertz CT molecular complexity index is 1020. The van der Waals surface area contributed by atoms with Gasteiger partial charge in [-0.05, 0) is 64.9 Å². The Kier molecular flexibility index (Phi) is 11.2. The number of nitro groups is 1. The summed E-state index contributed by atoms with van der Waals surface area (Å²) in [7, 11) is 0. The number of non-ortho nitro benzene ring substituents is 1. The first-order valence-corrected chi connectivity index (χ1v) is 11.7. The van der Waals surface area contributed by atoms with Gasteiger partial charge in [0.15, 0.2) is 11.7 Å². The zero-order valence-electron chi connectivity index (χ0n) is 18.5. The third kappa shape index (κ3) is 9.32. The molecule has 10 nitrogen and oxygen atoms in total. The van der Waals surface area contributed by atoms with Gasteiger partial charge in [0, 0.05) is 17.7 Å². The highest BCUT2D eigenvalue weighted by atomic mass is 79.9.